The van der Waals surface area contributed by atoms with Crippen LogP contribution in [0.2, 0.25) is 18.1 Å². The van der Waals surface area contributed by atoms with Crippen molar-refractivity contribution in [1.29, 1.82) is 0 Å². The summed E-state index contributed by atoms with van der Waals surface area (Å²) in [5.74, 6) is 1.46. The fraction of sp³-hybridized carbons (Fsp3) is 0.441. The first-order valence-electron chi connectivity index (χ1n) is 14.7. The zero-order valence-electron chi connectivity index (χ0n) is 26.1. The Hall–Kier alpha value is -3.33. The Morgan fingerprint density at radius 2 is 1.74 bits per heavy atom. The summed E-state index contributed by atoms with van der Waals surface area (Å²) < 4.78 is 24.1. The van der Waals surface area contributed by atoms with E-state index in [-0.39, 0.29) is 23.2 Å². The summed E-state index contributed by atoms with van der Waals surface area (Å²) in [6.45, 7) is 13.3. The molecule has 226 valence electrons. The van der Waals surface area contributed by atoms with Crippen LogP contribution in [0.25, 0.3) is 0 Å². The highest BCUT2D eigenvalue weighted by Gasteiger charge is 2.39. The summed E-state index contributed by atoms with van der Waals surface area (Å²) in [6, 6.07) is 23.7. The third-order valence-electron chi connectivity index (χ3n) is 8.33. The molecule has 2 atom stereocenters. The lowest BCUT2D eigenvalue weighted by Gasteiger charge is -2.39. The lowest BCUT2D eigenvalue weighted by molar-refractivity contribution is 0.0600. The van der Waals surface area contributed by atoms with Crippen molar-refractivity contribution in [2.45, 2.75) is 64.0 Å². The van der Waals surface area contributed by atoms with Crippen molar-refractivity contribution in [1.82, 2.24) is 5.32 Å². The summed E-state index contributed by atoms with van der Waals surface area (Å²) in [5, 5.41) is 3.73. The molecule has 1 heterocycles. The minimum atomic E-state index is -1.97. The van der Waals surface area contributed by atoms with E-state index in [1.54, 1.807) is 12.1 Å². The van der Waals surface area contributed by atoms with Gasteiger partial charge in [-0.1, -0.05) is 39.0 Å². The summed E-state index contributed by atoms with van der Waals surface area (Å²) in [4.78, 5) is 13.9. The van der Waals surface area contributed by atoms with Crippen LogP contribution >= 0.6 is 0 Å². The highest BCUT2D eigenvalue weighted by molar-refractivity contribution is 6.74. The molecule has 0 saturated carbocycles. The number of rotatable bonds is 12. The number of para-hydroxylation sites is 1. The van der Waals surface area contributed by atoms with Crippen LogP contribution in [-0.2, 0) is 15.6 Å². The van der Waals surface area contributed by atoms with Gasteiger partial charge in [0.25, 0.3) is 0 Å². The maximum atomic E-state index is 11.8. The predicted molar refractivity (Wildman–Crippen MR) is 172 cm³/mol. The molecule has 0 aromatic heterocycles. The molecule has 42 heavy (non-hydrogen) atoms. The predicted octanol–water partition coefficient (Wildman–Crippen LogP) is 6.99. The highest BCUT2D eigenvalue weighted by atomic mass is 28.4. The van der Waals surface area contributed by atoms with Gasteiger partial charge in [0.15, 0.2) is 8.32 Å². The van der Waals surface area contributed by atoms with E-state index in [9.17, 15) is 4.79 Å². The second-order valence-electron chi connectivity index (χ2n) is 12.5. The molecule has 0 spiro atoms. The number of benzene rings is 3. The topological polar surface area (TPSA) is 69.3 Å². The first-order chi connectivity index (χ1) is 20.0. The molecule has 0 aliphatic carbocycles. The van der Waals surface area contributed by atoms with Gasteiger partial charge in [0.2, 0.25) is 0 Å². The molecule has 0 amide bonds. The molecular weight excluding hydrogens is 544 g/mol. The number of ether oxygens (including phenoxy) is 3. The molecule has 0 saturated heterocycles. The minimum absolute atomic E-state index is 0.0539. The van der Waals surface area contributed by atoms with Crippen LogP contribution in [0.3, 0.4) is 0 Å². The molecular formula is C34H46N2O5Si. The van der Waals surface area contributed by atoms with Crippen LogP contribution in [0.1, 0.15) is 43.1 Å². The van der Waals surface area contributed by atoms with Crippen LogP contribution in [0.4, 0.5) is 11.4 Å². The molecule has 0 bridgehead atoms. The zero-order chi connectivity index (χ0) is 30.3. The van der Waals surface area contributed by atoms with Gasteiger partial charge in [-0.15, -0.1) is 0 Å². The lowest BCUT2D eigenvalue weighted by Crippen LogP contribution is -2.49. The molecule has 8 heteroatoms. The van der Waals surface area contributed by atoms with Gasteiger partial charge in [-0.3, -0.25) is 0 Å². The van der Waals surface area contributed by atoms with Gasteiger partial charge >= 0.3 is 5.97 Å². The molecule has 1 aliphatic rings. The van der Waals surface area contributed by atoms with Crippen molar-refractivity contribution in [2.75, 3.05) is 38.8 Å². The fourth-order valence-corrected chi connectivity index (χ4v) is 6.05. The molecule has 1 aliphatic heterocycles. The van der Waals surface area contributed by atoms with E-state index in [1.165, 1.54) is 12.7 Å². The van der Waals surface area contributed by atoms with Crippen molar-refractivity contribution in [3.8, 4) is 11.5 Å². The van der Waals surface area contributed by atoms with E-state index >= 15 is 0 Å². The number of hydrogen-bond donors (Lipinski definition) is 1. The van der Waals surface area contributed by atoms with Crippen molar-refractivity contribution in [3.05, 3.63) is 83.9 Å². The van der Waals surface area contributed by atoms with Crippen molar-refractivity contribution in [3.63, 3.8) is 0 Å². The first-order valence-corrected chi connectivity index (χ1v) is 17.7. The van der Waals surface area contributed by atoms with Gasteiger partial charge in [0.1, 0.15) is 24.2 Å². The van der Waals surface area contributed by atoms with Gasteiger partial charge in [-0.25, -0.2) is 4.79 Å². The fourth-order valence-electron chi connectivity index (χ4n) is 4.71. The van der Waals surface area contributed by atoms with Crippen LogP contribution < -0.4 is 19.7 Å². The normalized spacial score (nSPS) is 15.7. The maximum Gasteiger partial charge on any atom is 0.337 e. The SMILES string of the molecule is COC(=O)c1ccc(N(C)c2ccc3c(c2)CC[C@H](CNC[C@@H](COc2ccccc2)O[Si](C)(C)C(C)(C)C)O3)cc1. The third-order valence-corrected chi connectivity index (χ3v) is 12.9. The van der Waals surface area contributed by atoms with E-state index < -0.39 is 8.32 Å². The maximum absolute atomic E-state index is 11.8. The number of nitrogens with zero attached hydrogens (tertiary/aromatic N) is 1. The Labute approximate surface area is 252 Å². The molecule has 3 aromatic rings. The summed E-state index contributed by atoms with van der Waals surface area (Å²) in [7, 11) is 1.45. The number of nitrogens with one attached hydrogen (secondary N) is 1. The molecule has 0 radical (unpaired) electrons. The number of aryl methyl sites for hydroxylation is 1. The number of fused-ring (bicyclic) bond motifs is 1. The second-order valence-corrected chi connectivity index (χ2v) is 17.2. The van der Waals surface area contributed by atoms with E-state index in [2.05, 4.69) is 62.3 Å². The Bertz CT molecular complexity index is 1310. The monoisotopic (exact) mass is 590 g/mol. The first kappa shape index (κ1) is 31.6. The highest BCUT2D eigenvalue weighted by Crippen LogP contribution is 2.37. The van der Waals surface area contributed by atoms with Crippen LogP contribution in [0.5, 0.6) is 11.5 Å². The minimum Gasteiger partial charge on any atom is -0.491 e. The molecule has 0 fully saturated rings. The Kier molecular flexibility index (Phi) is 10.4. The van der Waals surface area contributed by atoms with Gasteiger partial charge in [-0.2, -0.15) is 0 Å². The van der Waals surface area contributed by atoms with Crippen molar-refractivity contribution < 1.29 is 23.4 Å². The van der Waals surface area contributed by atoms with E-state index in [4.69, 9.17) is 18.6 Å². The van der Waals surface area contributed by atoms with E-state index in [0.29, 0.717) is 18.7 Å². The number of carbonyl (C=O) groups excluding carboxylic acids is 1. The number of anilines is 2. The quantitative estimate of drug-likeness (QED) is 0.180. The van der Waals surface area contributed by atoms with Gasteiger partial charge in [-0.05, 0) is 91.1 Å². The number of esters is 1. The van der Waals surface area contributed by atoms with Crippen molar-refractivity contribution >= 4 is 25.7 Å². The van der Waals surface area contributed by atoms with E-state index in [1.807, 2.05) is 49.5 Å². The Morgan fingerprint density at radius 1 is 1.05 bits per heavy atom. The lowest BCUT2D eigenvalue weighted by atomic mass is 10.0. The van der Waals surface area contributed by atoms with Crippen molar-refractivity contribution in [2.24, 2.45) is 0 Å². The number of methoxy groups -OCH3 is 1. The summed E-state index contributed by atoms with van der Waals surface area (Å²) >= 11 is 0. The summed E-state index contributed by atoms with van der Waals surface area (Å²) in [6.07, 6.45) is 1.93. The summed E-state index contributed by atoms with van der Waals surface area (Å²) in [5.41, 5.74) is 3.81. The Balaban J connectivity index is 1.33. The molecule has 1 N–H and O–H groups in total. The standard InChI is InChI=1S/C34H46N2O5Si/c1-34(2,3)42(6,7)41-31(24-39-29-11-9-8-10-12-29)23-35-22-30-19-15-26-21-28(18-20-32(26)40-30)36(4)27-16-13-25(14-17-27)33(37)38-5/h8-14,16-18,20-21,30-31,35H,15,19,22-24H2,1-7H3/t30-,31+/m1/s1. The average Bonchev–Trinajstić information content (AvgIpc) is 2.98. The van der Waals surface area contributed by atoms with Crippen LogP contribution in [0, 0.1) is 0 Å². The van der Waals surface area contributed by atoms with Gasteiger partial charge in [0, 0.05) is 31.5 Å². The van der Waals surface area contributed by atoms with Crippen LogP contribution in [0.15, 0.2) is 72.8 Å². The van der Waals surface area contributed by atoms with Gasteiger partial charge < -0.3 is 28.9 Å². The third kappa shape index (κ3) is 8.15. The molecule has 7 nitrogen and oxygen atoms in total. The number of hydrogen-bond acceptors (Lipinski definition) is 7. The molecule has 4 rings (SSSR count). The smallest absolute Gasteiger partial charge is 0.337 e. The number of carbonyl (C=O) groups is 1. The van der Waals surface area contributed by atoms with E-state index in [0.717, 1.165) is 42.3 Å². The largest absolute Gasteiger partial charge is 0.491 e. The zero-order valence-corrected chi connectivity index (χ0v) is 27.1. The average molecular weight is 591 g/mol. The van der Waals surface area contributed by atoms with Crippen LogP contribution in [-0.4, -0.2) is 60.3 Å². The molecule has 0 unspecified atom stereocenters. The second kappa shape index (κ2) is 13.8. The van der Waals surface area contributed by atoms with Gasteiger partial charge in [0.05, 0.1) is 18.8 Å². The molecule has 3 aromatic carbocycles. The Morgan fingerprint density at radius 3 is 2.40 bits per heavy atom.